The van der Waals surface area contributed by atoms with E-state index in [-0.39, 0.29) is 12.4 Å². The monoisotopic (exact) mass is 347 g/mol. The van der Waals surface area contributed by atoms with Gasteiger partial charge in [-0.3, -0.25) is 0 Å². The van der Waals surface area contributed by atoms with E-state index in [0.29, 0.717) is 28.6 Å². The molecule has 116 valence electrons. The van der Waals surface area contributed by atoms with Crippen molar-refractivity contribution in [3.8, 4) is 0 Å². The summed E-state index contributed by atoms with van der Waals surface area (Å²) < 4.78 is 27.2. The Bertz CT molecular complexity index is 697. The molecule has 3 N–H and O–H groups in total. The number of nitrogens with zero attached hydrogens (tertiary/aromatic N) is 1. The SMILES string of the molecule is Cc1nc(C)c(S(=O)(=O)NCCc2ccc(N)cc2)s1.Cl. The second-order valence-electron chi connectivity index (χ2n) is 4.50. The second-order valence-corrected chi connectivity index (χ2v) is 7.66. The molecular weight excluding hydrogens is 330 g/mol. The molecule has 0 bridgehead atoms. The number of sulfonamides is 1. The second kappa shape index (κ2) is 7.22. The fraction of sp³-hybridized carbons (Fsp3) is 0.308. The first-order valence-corrected chi connectivity index (χ1v) is 8.46. The van der Waals surface area contributed by atoms with Crippen LogP contribution in [-0.4, -0.2) is 19.9 Å². The lowest BCUT2D eigenvalue weighted by Crippen LogP contribution is -2.25. The van der Waals surface area contributed by atoms with Gasteiger partial charge in [-0.1, -0.05) is 12.1 Å². The Labute approximate surface area is 135 Å². The van der Waals surface area contributed by atoms with Gasteiger partial charge in [0.25, 0.3) is 10.0 Å². The smallest absolute Gasteiger partial charge is 0.251 e. The molecule has 0 aliphatic carbocycles. The zero-order valence-corrected chi connectivity index (χ0v) is 14.2. The molecule has 0 saturated heterocycles. The van der Waals surface area contributed by atoms with Crippen molar-refractivity contribution in [2.75, 3.05) is 12.3 Å². The molecule has 21 heavy (non-hydrogen) atoms. The van der Waals surface area contributed by atoms with Gasteiger partial charge in [0.2, 0.25) is 0 Å². The Morgan fingerprint density at radius 3 is 2.38 bits per heavy atom. The Morgan fingerprint density at radius 1 is 1.24 bits per heavy atom. The molecule has 1 aromatic carbocycles. The molecular formula is C13H18ClN3O2S2. The number of halogens is 1. The Kier molecular flexibility index (Phi) is 6.15. The van der Waals surface area contributed by atoms with E-state index in [1.165, 1.54) is 11.3 Å². The minimum absolute atomic E-state index is 0. The summed E-state index contributed by atoms with van der Waals surface area (Å²) in [4.78, 5) is 4.14. The number of aryl methyl sites for hydroxylation is 2. The van der Waals surface area contributed by atoms with Gasteiger partial charge in [-0.2, -0.15) is 0 Å². The Hall–Kier alpha value is -1.15. The van der Waals surface area contributed by atoms with Crippen molar-refractivity contribution >= 4 is 39.5 Å². The Balaban J connectivity index is 0.00000220. The fourth-order valence-electron chi connectivity index (χ4n) is 1.84. The number of benzene rings is 1. The predicted molar refractivity (Wildman–Crippen MR) is 88.6 cm³/mol. The number of anilines is 1. The lowest BCUT2D eigenvalue weighted by molar-refractivity contribution is 0.583. The number of aromatic nitrogens is 1. The first kappa shape index (κ1) is 17.9. The summed E-state index contributed by atoms with van der Waals surface area (Å²) in [5.74, 6) is 0. The van der Waals surface area contributed by atoms with Crippen molar-refractivity contribution in [2.45, 2.75) is 24.5 Å². The first-order chi connectivity index (χ1) is 9.38. The lowest BCUT2D eigenvalue weighted by atomic mass is 10.1. The predicted octanol–water partition coefficient (Wildman–Crippen LogP) is 2.28. The van der Waals surface area contributed by atoms with E-state index in [2.05, 4.69) is 9.71 Å². The molecule has 1 heterocycles. The molecule has 0 aliphatic heterocycles. The van der Waals surface area contributed by atoms with Gasteiger partial charge in [0.15, 0.2) is 4.21 Å². The molecule has 0 spiro atoms. The van der Waals surface area contributed by atoms with Crippen LogP contribution in [0.3, 0.4) is 0 Å². The van der Waals surface area contributed by atoms with E-state index >= 15 is 0 Å². The van der Waals surface area contributed by atoms with Crippen LogP contribution in [-0.2, 0) is 16.4 Å². The highest BCUT2D eigenvalue weighted by Gasteiger charge is 2.20. The maximum atomic E-state index is 12.1. The molecule has 2 rings (SSSR count). The molecule has 0 atom stereocenters. The maximum absolute atomic E-state index is 12.1. The molecule has 2 aromatic rings. The molecule has 0 radical (unpaired) electrons. The van der Waals surface area contributed by atoms with Gasteiger partial charge >= 0.3 is 0 Å². The summed E-state index contributed by atoms with van der Waals surface area (Å²) in [5.41, 5.74) is 7.89. The van der Waals surface area contributed by atoms with Crippen LogP contribution in [0.15, 0.2) is 28.5 Å². The molecule has 5 nitrogen and oxygen atoms in total. The van der Waals surface area contributed by atoms with E-state index < -0.39 is 10.0 Å². The largest absolute Gasteiger partial charge is 0.399 e. The summed E-state index contributed by atoms with van der Waals surface area (Å²) >= 11 is 1.19. The third-order valence-corrected chi connectivity index (χ3v) is 5.93. The quantitative estimate of drug-likeness (QED) is 0.812. The lowest BCUT2D eigenvalue weighted by Gasteiger charge is -2.05. The zero-order chi connectivity index (χ0) is 14.8. The van der Waals surface area contributed by atoms with Crippen molar-refractivity contribution < 1.29 is 8.42 Å². The van der Waals surface area contributed by atoms with Gasteiger partial charge in [0, 0.05) is 12.2 Å². The van der Waals surface area contributed by atoms with E-state index in [4.69, 9.17) is 5.73 Å². The normalized spacial score (nSPS) is 11.1. The number of thiazole rings is 1. The number of hydrogen-bond acceptors (Lipinski definition) is 5. The summed E-state index contributed by atoms with van der Waals surface area (Å²) in [7, 11) is -3.47. The average molecular weight is 348 g/mol. The highest BCUT2D eigenvalue weighted by molar-refractivity contribution is 7.91. The standard InChI is InChI=1S/C13H17N3O2S2.ClH/c1-9-13(19-10(2)16-9)20(17,18)15-8-7-11-3-5-12(14)6-4-11;/h3-6,15H,7-8,14H2,1-2H3;1H. The number of nitrogens with two attached hydrogens (primary N) is 1. The van der Waals surface area contributed by atoms with Gasteiger partial charge in [0.05, 0.1) is 10.7 Å². The van der Waals surface area contributed by atoms with E-state index in [1.54, 1.807) is 26.0 Å². The third-order valence-electron chi connectivity index (χ3n) is 2.79. The van der Waals surface area contributed by atoms with Crippen LogP contribution in [0, 0.1) is 13.8 Å². The summed E-state index contributed by atoms with van der Waals surface area (Å²) in [6.07, 6.45) is 0.621. The van der Waals surface area contributed by atoms with Crippen molar-refractivity contribution in [3.63, 3.8) is 0 Å². The van der Waals surface area contributed by atoms with E-state index in [0.717, 1.165) is 10.6 Å². The molecule has 0 unspecified atom stereocenters. The van der Waals surface area contributed by atoms with Crippen LogP contribution < -0.4 is 10.5 Å². The average Bonchev–Trinajstić information content (AvgIpc) is 2.72. The number of rotatable bonds is 5. The fourth-order valence-corrected chi connectivity index (χ4v) is 4.40. The highest BCUT2D eigenvalue weighted by Crippen LogP contribution is 2.22. The molecule has 1 aromatic heterocycles. The number of nitrogens with one attached hydrogen (secondary N) is 1. The van der Waals surface area contributed by atoms with Crippen LogP contribution in [0.2, 0.25) is 0 Å². The summed E-state index contributed by atoms with van der Waals surface area (Å²) in [6.45, 7) is 3.85. The minimum Gasteiger partial charge on any atom is -0.399 e. The van der Waals surface area contributed by atoms with Crippen molar-refractivity contribution in [1.29, 1.82) is 0 Å². The van der Waals surface area contributed by atoms with Gasteiger partial charge in [-0.25, -0.2) is 18.1 Å². The van der Waals surface area contributed by atoms with Gasteiger partial charge in [-0.05, 0) is 38.0 Å². The van der Waals surface area contributed by atoms with Crippen LogP contribution in [0.4, 0.5) is 5.69 Å². The van der Waals surface area contributed by atoms with E-state index in [1.807, 2.05) is 12.1 Å². The van der Waals surface area contributed by atoms with Crippen molar-refractivity contribution in [2.24, 2.45) is 0 Å². The van der Waals surface area contributed by atoms with Crippen LogP contribution in [0.1, 0.15) is 16.3 Å². The van der Waals surface area contributed by atoms with Crippen molar-refractivity contribution in [1.82, 2.24) is 9.71 Å². The van der Waals surface area contributed by atoms with Crippen LogP contribution in [0.25, 0.3) is 0 Å². The Morgan fingerprint density at radius 2 is 1.86 bits per heavy atom. The van der Waals surface area contributed by atoms with Crippen molar-refractivity contribution in [3.05, 3.63) is 40.5 Å². The first-order valence-electron chi connectivity index (χ1n) is 6.16. The maximum Gasteiger partial charge on any atom is 0.251 e. The molecule has 8 heteroatoms. The minimum atomic E-state index is -3.47. The molecule has 0 saturated carbocycles. The third kappa shape index (κ3) is 4.67. The van der Waals surface area contributed by atoms with Crippen LogP contribution in [0.5, 0.6) is 0 Å². The summed E-state index contributed by atoms with van der Waals surface area (Å²) in [5, 5.41) is 0.751. The van der Waals surface area contributed by atoms with Gasteiger partial charge in [0.1, 0.15) is 0 Å². The molecule has 0 fully saturated rings. The van der Waals surface area contributed by atoms with E-state index in [9.17, 15) is 8.42 Å². The van der Waals surface area contributed by atoms with Gasteiger partial charge in [-0.15, -0.1) is 23.7 Å². The molecule has 0 aliphatic rings. The highest BCUT2D eigenvalue weighted by atomic mass is 35.5. The topological polar surface area (TPSA) is 85.1 Å². The van der Waals surface area contributed by atoms with Gasteiger partial charge < -0.3 is 5.73 Å². The van der Waals surface area contributed by atoms with Crippen LogP contribution >= 0.6 is 23.7 Å². The molecule has 0 amide bonds. The number of hydrogen-bond donors (Lipinski definition) is 2. The zero-order valence-electron chi connectivity index (χ0n) is 11.8. The number of nitrogen functional groups attached to an aromatic ring is 1. The summed E-state index contributed by atoms with van der Waals surface area (Å²) in [6, 6.07) is 7.40.